The minimum atomic E-state index is -1.18. The number of halogens is 1. The molecule has 0 bridgehead atoms. The van der Waals surface area contributed by atoms with Crippen molar-refractivity contribution >= 4 is 29.1 Å². The first kappa shape index (κ1) is 18.7. The lowest BCUT2D eigenvalue weighted by Crippen LogP contribution is -2.54. The zero-order valence-corrected chi connectivity index (χ0v) is 17.3. The maximum atomic E-state index is 13.8. The summed E-state index contributed by atoms with van der Waals surface area (Å²) in [6.07, 6.45) is 1.65. The van der Waals surface area contributed by atoms with Crippen LogP contribution in [-0.4, -0.2) is 35.2 Å². The van der Waals surface area contributed by atoms with E-state index in [1.165, 1.54) is 29.2 Å². The average Bonchev–Trinajstić information content (AvgIpc) is 3.45. The Kier molecular flexibility index (Phi) is 3.62. The maximum absolute atomic E-state index is 13.8. The summed E-state index contributed by atoms with van der Waals surface area (Å²) in [5, 5.41) is 3.05. The number of carbonyl (C=O) groups excluding carboxylic acids is 3. The van der Waals surface area contributed by atoms with Crippen molar-refractivity contribution in [3.63, 3.8) is 0 Å². The fourth-order valence-electron chi connectivity index (χ4n) is 6.36. The van der Waals surface area contributed by atoms with Crippen molar-refractivity contribution in [3.05, 3.63) is 58.9 Å². The van der Waals surface area contributed by atoms with Gasteiger partial charge in [0.25, 0.3) is 0 Å². The van der Waals surface area contributed by atoms with Crippen molar-refractivity contribution in [3.8, 4) is 0 Å². The number of imide groups is 1. The standard InChI is InChI=1S/C24H22FN3O3/c1-12-5-10-16-20(13(12)2)26-23(31)24(16)19-18(17-4-3-11-27(17)24)21(29)28(22(19)30)15-8-6-14(25)7-9-15/h5-10,17-19H,3-4,11H2,1-2H3,(H,26,31)/t17-,18+,19-,24+/m0/s1. The van der Waals surface area contributed by atoms with Gasteiger partial charge in [-0.3, -0.25) is 19.3 Å². The molecule has 1 spiro atoms. The van der Waals surface area contributed by atoms with E-state index in [1.54, 1.807) is 0 Å². The lowest BCUT2D eigenvalue weighted by Gasteiger charge is -2.36. The molecule has 4 aliphatic rings. The lowest BCUT2D eigenvalue weighted by molar-refractivity contribution is -0.135. The molecule has 0 aliphatic carbocycles. The molecule has 0 saturated carbocycles. The van der Waals surface area contributed by atoms with Gasteiger partial charge < -0.3 is 5.32 Å². The van der Waals surface area contributed by atoms with E-state index >= 15 is 0 Å². The molecule has 1 N–H and O–H groups in total. The number of rotatable bonds is 1. The summed E-state index contributed by atoms with van der Waals surface area (Å²) in [6, 6.07) is 9.13. The Labute approximate surface area is 179 Å². The fourth-order valence-corrected chi connectivity index (χ4v) is 6.36. The van der Waals surface area contributed by atoms with Crippen LogP contribution in [0.1, 0.15) is 29.5 Å². The highest BCUT2D eigenvalue weighted by molar-refractivity contribution is 6.26. The number of amides is 3. The number of hydrogen-bond donors (Lipinski definition) is 1. The van der Waals surface area contributed by atoms with E-state index in [1.807, 2.05) is 26.0 Å². The summed E-state index contributed by atoms with van der Waals surface area (Å²) >= 11 is 0. The van der Waals surface area contributed by atoms with E-state index in [4.69, 9.17) is 0 Å². The minimum absolute atomic E-state index is 0.162. The molecular formula is C24H22FN3O3. The van der Waals surface area contributed by atoms with E-state index < -0.39 is 23.2 Å². The highest BCUT2D eigenvalue weighted by Crippen LogP contribution is 2.61. The summed E-state index contributed by atoms with van der Waals surface area (Å²) in [5.74, 6) is -2.70. The van der Waals surface area contributed by atoms with Gasteiger partial charge in [-0.15, -0.1) is 0 Å². The SMILES string of the molecule is Cc1ccc2c(c1C)NC(=O)[C@]21[C@@H]2C(=O)N(c3ccc(F)cc3)C(=O)[C@@H]2[C@@H]2CCCN21. The van der Waals surface area contributed by atoms with Gasteiger partial charge in [0.1, 0.15) is 11.4 Å². The molecular weight excluding hydrogens is 397 g/mol. The van der Waals surface area contributed by atoms with Crippen LogP contribution < -0.4 is 10.2 Å². The number of carbonyl (C=O) groups is 3. The van der Waals surface area contributed by atoms with Crippen LogP contribution in [0, 0.1) is 31.5 Å². The first-order valence-electron chi connectivity index (χ1n) is 10.7. The van der Waals surface area contributed by atoms with E-state index in [0.29, 0.717) is 12.2 Å². The Hall–Kier alpha value is -3.06. The third-order valence-electron chi connectivity index (χ3n) is 7.78. The Balaban J connectivity index is 1.56. The van der Waals surface area contributed by atoms with Crippen LogP contribution in [0.2, 0.25) is 0 Å². The van der Waals surface area contributed by atoms with Gasteiger partial charge in [0.05, 0.1) is 17.5 Å². The van der Waals surface area contributed by atoms with Crippen molar-refractivity contribution in [2.24, 2.45) is 11.8 Å². The Bertz CT molecular complexity index is 1180. The molecule has 3 fully saturated rings. The molecule has 0 aromatic heterocycles. The molecule has 4 aliphatic heterocycles. The summed E-state index contributed by atoms with van der Waals surface area (Å²) in [4.78, 5) is 44.3. The van der Waals surface area contributed by atoms with Crippen molar-refractivity contribution in [2.75, 3.05) is 16.8 Å². The molecule has 2 aromatic rings. The van der Waals surface area contributed by atoms with Crippen LogP contribution in [0.5, 0.6) is 0 Å². The molecule has 3 saturated heterocycles. The van der Waals surface area contributed by atoms with E-state index in [-0.39, 0.29) is 23.8 Å². The quantitative estimate of drug-likeness (QED) is 0.722. The zero-order chi connectivity index (χ0) is 21.7. The first-order chi connectivity index (χ1) is 14.9. The number of benzene rings is 2. The van der Waals surface area contributed by atoms with Gasteiger partial charge in [-0.05, 0) is 68.6 Å². The second kappa shape index (κ2) is 6.01. The molecule has 3 amide bonds. The van der Waals surface area contributed by atoms with Crippen LogP contribution in [-0.2, 0) is 19.9 Å². The predicted molar refractivity (Wildman–Crippen MR) is 112 cm³/mol. The number of nitrogens with one attached hydrogen (secondary N) is 1. The summed E-state index contributed by atoms with van der Waals surface area (Å²) in [6.45, 7) is 4.63. The van der Waals surface area contributed by atoms with E-state index in [9.17, 15) is 18.8 Å². The van der Waals surface area contributed by atoms with Crippen molar-refractivity contribution in [1.29, 1.82) is 0 Å². The molecule has 7 heteroatoms. The molecule has 4 atom stereocenters. The number of aryl methyl sites for hydroxylation is 1. The highest BCUT2D eigenvalue weighted by atomic mass is 19.1. The topological polar surface area (TPSA) is 69.7 Å². The molecule has 31 heavy (non-hydrogen) atoms. The van der Waals surface area contributed by atoms with Gasteiger partial charge in [0.2, 0.25) is 17.7 Å². The van der Waals surface area contributed by atoms with Crippen LogP contribution in [0.3, 0.4) is 0 Å². The Morgan fingerprint density at radius 3 is 2.52 bits per heavy atom. The van der Waals surface area contributed by atoms with Gasteiger partial charge in [-0.1, -0.05) is 12.1 Å². The van der Waals surface area contributed by atoms with Gasteiger partial charge in [-0.25, -0.2) is 9.29 Å². The molecule has 0 unspecified atom stereocenters. The van der Waals surface area contributed by atoms with Crippen LogP contribution >= 0.6 is 0 Å². The summed E-state index contributed by atoms with van der Waals surface area (Å²) in [7, 11) is 0. The average molecular weight is 419 g/mol. The molecule has 2 aromatic carbocycles. The maximum Gasteiger partial charge on any atom is 0.250 e. The fraction of sp³-hybridized carbons (Fsp3) is 0.375. The van der Waals surface area contributed by atoms with Crippen molar-refractivity contribution in [1.82, 2.24) is 4.90 Å². The van der Waals surface area contributed by atoms with Gasteiger partial charge in [0.15, 0.2) is 0 Å². The second-order valence-electron chi connectivity index (χ2n) is 9.05. The van der Waals surface area contributed by atoms with Crippen LogP contribution in [0.25, 0.3) is 0 Å². The smallest absolute Gasteiger partial charge is 0.250 e. The summed E-state index contributed by atoms with van der Waals surface area (Å²) in [5.41, 5.74) is 2.77. The van der Waals surface area contributed by atoms with E-state index in [2.05, 4.69) is 10.2 Å². The molecule has 158 valence electrons. The molecule has 6 rings (SSSR count). The normalized spacial score (nSPS) is 31.4. The number of hydrogen-bond acceptors (Lipinski definition) is 4. The number of nitrogens with zero attached hydrogens (tertiary/aromatic N) is 2. The first-order valence-corrected chi connectivity index (χ1v) is 10.7. The monoisotopic (exact) mass is 419 g/mol. The van der Waals surface area contributed by atoms with Crippen molar-refractivity contribution in [2.45, 2.75) is 38.3 Å². The largest absolute Gasteiger partial charge is 0.324 e. The highest BCUT2D eigenvalue weighted by Gasteiger charge is 2.74. The Morgan fingerprint density at radius 1 is 1.03 bits per heavy atom. The van der Waals surface area contributed by atoms with Gasteiger partial charge >= 0.3 is 0 Å². The van der Waals surface area contributed by atoms with Gasteiger partial charge in [-0.2, -0.15) is 0 Å². The van der Waals surface area contributed by atoms with E-state index in [0.717, 1.165) is 35.2 Å². The third-order valence-corrected chi connectivity index (χ3v) is 7.78. The summed E-state index contributed by atoms with van der Waals surface area (Å²) < 4.78 is 13.5. The molecule has 4 heterocycles. The number of anilines is 2. The molecule has 6 nitrogen and oxygen atoms in total. The minimum Gasteiger partial charge on any atom is -0.324 e. The van der Waals surface area contributed by atoms with Crippen LogP contribution in [0.4, 0.5) is 15.8 Å². The van der Waals surface area contributed by atoms with Crippen molar-refractivity contribution < 1.29 is 18.8 Å². The second-order valence-corrected chi connectivity index (χ2v) is 9.05. The lowest BCUT2D eigenvalue weighted by atomic mass is 9.75. The number of fused-ring (bicyclic) bond motifs is 7. The third kappa shape index (κ3) is 2.07. The predicted octanol–water partition coefficient (Wildman–Crippen LogP) is 2.87. The molecule has 0 radical (unpaired) electrons. The van der Waals surface area contributed by atoms with Crippen LogP contribution in [0.15, 0.2) is 36.4 Å². The van der Waals surface area contributed by atoms with Gasteiger partial charge in [0, 0.05) is 17.3 Å². The Morgan fingerprint density at radius 2 is 1.77 bits per heavy atom. The zero-order valence-electron chi connectivity index (χ0n) is 17.3.